The Morgan fingerprint density at radius 1 is 0.435 bits per heavy atom. The Labute approximate surface area is 537 Å². The standard InChI is InChI=1S/C24H19N3.2C24H17N3.Ag.2ClH.Ir/c3*1-3-10-19(11-4-1)21-14-7-8-15-22(21)27-18-26(20-12-5-2-6-13-20)24-23(27)16-9-17-25-24;;;;/h1-17H,18H2;1-12,14-18H;1-17H;;2*1H;/q;-2;;+1;;;. The number of quaternary nitrogens is 1. The van der Waals surface area contributed by atoms with Crippen molar-refractivity contribution in [2.45, 2.75) is 0 Å². The minimum absolute atomic E-state index is 0. The van der Waals surface area contributed by atoms with Crippen molar-refractivity contribution < 1.29 is 64.4 Å². The molecule has 2 aliphatic rings. The van der Waals surface area contributed by atoms with E-state index < -0.39 is 0 Å². The molecule has 15 rings (SSSR count). The number of fused-ring (bicyclic) bond motifs is 3. The normalized spacial score (nSPS) is 12.5. The number of rotatable bonds is 9. The van der Waals surface area contributed by atoms with E-state index in [1.807, 2.05) is 102 Å². The second-order valence-electron chi connectivity index (χ2n) is 19.4. The quantitative estimate of drug-likeness (QED) is 0.0883. The molecule has 0 bridgehead atoms. The number of imidazole rings is 1. The van der Waals surface area contributed by atoms with Crippen LogP contribution in [0.15, 0.2) is 304 Å². The fourth-order valence-corrected chi connectivity index (χ4v) is 10.7. The average Bonchev–Trinajstić information content (AvgIpc) is 4.43. The van der Waals surface area contributed by atoms with Gasteiger partial charge in [-0.2, -0.15) is 30.3 Å². The molecule has 2 aliphatic heterocycles. The van der Waals surface area contributed by atoms with Crippen molar-refractivity contribution in [1.29, 1.82) is 0 Å². The maximum absolute atomic E-state index is 4.70. The van der Waals surface area contributed by atoms with Crippen molar-refractivity contribution in [3.05, 3.63) is 323 Å². The predicted molar refractivity (Wildman–Crippen MR) is 334 cm³/mol. The second-order valence-corrected chi connectivity index (χ2v) is 19.4. The molecule has 0 amide bonds. The van der Waals surface area contributed by atoms with Gasteiger partial charge in [-0.05, 0) is 95.1 Å². The van der Waals surface area contributed by atoms with Crippen LogP contribution in [0.4, 0.5) is 45.8 Å². The summed E-state index contributed by atoms with van der Waals surface area (Å²) in [5.74, 6) is 1.93. The molecule has 13 heteroatoms. The van der Waals surface area contributed by atoms with Crippen LogP contribution in [0, 0.1) is 19.1 Å². The first kappa shape index (κ1) is 60.8. The molecule has 1 N–H and O–H groups in total. The van der Waals surface area contributed by atoms with Gasteiger partial charge in [0.2, 0.25) is 0 Å². The zero-order chi connectivity index (χ0) is 54.2. The topological polar surface area (TPSA) is 61.6 Å². The van der Waals surface area contributed by atoms with Gasteiger partial charge in [0.25, 0.3) is 6.33 Å². The first-order chi connectivity index (χ1) is 40.2. The number of aromatic nitrogens is 5. The number of anilines is 6. The Bertz CT molecular complexity index is 4050. The minimum atomic E-state index is 0. The van der Waals surface area contributed by atoms with Crippen LogP contribution in [-0.4, -0.2) is 26.2 Å². The first-order valence-electron chi connectivity index (χ1n) is 27.0. The number of nitrogens with zero attached hydrogens (tertiary/aromatic N) is 8. The predicted octanol–water partition coefficient (Wildman–Crippen LogP) is 12.9. The molecule has 0 spiro atoms. The maximum atomic E-state index is 4.70. The minimum Gasteiger partial charge on any atom is -1.00 e. The van der Waals surface area contributed by atoms with Gasteiger partial charge >= 0.3 is 22.4 Å². The molecule has 0 aliphatic carbocycles. The summed E-state index contributed by atoms with van der Waals surface area (Å²) >= 11 is 0. The van der Waals surface area contributed by atoms with Gasteiger partial charge < -0.3 is 22.2 Å². The van der Waals surface area contributed by atoms with Crippen molar-refractivity contribution >= 4 is 69.3 Å². The zero-order valence-corrected chi connectivity index (χ0v) is 51.1. The third-order valence-electron chi connectivity index (χ3n) is 14.4. The van der Waals surface area contributed by atoms with E-state index in [1.165, 1.54) is 49.8 Å². The molecule has 423 valence electrons. The molecule has 1 unspecified atom stereocenters. The monoisotopic (exact) mass is 1420 g/mol. The molecule has 1 atom stereocenters. The zero-order valence-electron chi connectivity index (χ0n) is 45.7. The SMILES string of the molecule is Cl.[Ag+].[Cl-].[Ir].[c-]1ccccc1N1[CH-]N(c2ccccc2-c2ccccc2)c2cccnc21.[c-]1n(-c2ccccc2)c2ncccc2[n+]1-c1ccccc1-c1ccccc1.c1ccc(-c2ccccc2[NH+]2CN(c3ccccc3)c3ncccc32)cc1. The summed E-state index contributed by atoms with van der Waals surface area (Å²) in [4.78, 5) is 21.8. The number of para-hydroxylation sites is 6. The van der Waals surface area contributed by atoms with Crippen molar-refractivity contribution in [3.63, 3.8) is 0 Å². The number of benzene rings is 9. The van der Waals surface area contributed by atoms with Gasteiger partial charge in [-0.15, -0.1) is 24.8 Å². The molecule has 4 aromatic heterocycles. The van der Waals surface area contributed by atoms with Crippen LogP contribution in [-0.2, 0) is 42.5 Å². The van der Waals surface area contributed by atoms with E-state index in [0.29, 0.717) is 0 Å². The Balaban J connectivity index is 0.000000149. The van der Waals surface area contributed by atoms with Gasteiger partial charge in [-0.1, -0.05) is 176 Å². The molecule has 9 nitrogen and oxygen atoms in total. The summed E-state index contributed by atoms with van der Waals surface area (Å²) in [6, 6.07) is 101. The average molecular weight is 1420 g/mol. The fraction of sp³-hybridized carbons (Fsp3) is 0.0139. The van der Waals surface area contributed by atoms with Crippen molar-refractivity contribution in [2.75, 3.05) is 21.4 Å². The van der Waals surface area contributed by atoms with E-state index in [0.717, 1.165) is 63.5 Å². The van der Waals surface area contributed by atoms with E-state index >= 15 is 0 Å². The van der Waals surface area contributed by atoms with E-state index in [1.54, 1.807) is 0 Å². The fourth-order valence-electron chi connectivity index (χ4n) is 10.7. The Morgan fingerprint density at radius 2 is 0.929 bits per heavy atom. The van der Waals surface area contributed by atoms with Gasteiger partial charge in [0, 0.05) is 73.3 Å². The summed E-state index contributed by atoms with van der Waals surface area (Å²) in [6.07, 6.45) is 9.03. The molecular formula is C72H55AgCl2IrN9-. The van der Waals surface area contributed by atoms with Crippen molar-refractivity contribution in [3.8, 4) is 44.8 Å². The van der Waals surface area contributed by atoms with Crippen molar-refractivity contribution in [2.24, 2.45) is 0 Å². The maximum Gasteiger partial charge on any atom is 1.00 e. The number of hydrogen-bond donors (Lipinski definition) is 1. The summed E-state index contributed by atoms with van der Waals surface area (Å²) in [7, 11) is 0. The number of nitrogens with one attached hydrogen (secondary N) is 1. The third-order valence-corrected chi connectivity index (χ3v) is 14.4. The third kappa shape index (κ3) is 12.8. The van der Waals surface area contributed by atoms with Crippen LogP contribution >= 0.6 is 12.4 Å². The van der Waals surface area contributed by atoms with E-state index in [-0.39, 0.29) is 67.3 Å². The van der Waals surface area contributed by atoms with Gasteiger partial charge in [-0.3, -0.25) is 19.0 Å². The number of pyridine rings is 3. The number of hydrogen-bond acceptors (Lipinski definition) is 6. The second kappa shape index (κ2) is 28.7. The molecule has 6 heterocycles. The summed E-state index contributed by atoms with van der Waals surface area (Å²) in [5, 5.41) is 0. The van der Waals surface area contributed by atoms with Gasteiger partial charge in [0.1, 0.15) is 17.0 Å². The molecule has 85 heavy (non-hydrogen) atoms. The van der Waals surface area contributed by atoms with E-state index in [2.05, 4.69) is 255 Å². The molecule has 0 fully saturated rings. The molecule has 13 aromatic rings. The van der Waals surface area contributed by atoms with Gasteiger partial charge in [0.05, 0.1) is 17.1 Å². The molecule has 0 saturated carbocycles. The van der Waals surface area contributed by atoms with E-state index in [4.69, 9.17) is 4.98 Å². The molecule has 9 aromatic carbocycles. The Kier molecular flexibility index (Phi) is 20.5. The smallest absolute Gasteiger partial charge is 1.00 e. The number of halogens is 2. The molecule has 0 saturated heterocycles. The van der Waals surface area contributed by atoms with Crippen molar-refractivity contribution in [1.82, 2.24) is 19.5 Å². The first-order valence-corrected chi connectivity index (χ1v) is 27.0. The largest absolute Gasteiger partial charge is 1.00 e. The Morgan fingerprint density at radius 3 is 1.60 bits per heavy atom. The van der Waals surface area contributed by atoms with Crippen LogP contribution in [0.5, 0.6) is 0 Å². The van der Waals surface area contributed by atoms with Gasteiger partial charge in [0.15, 0.2) is 23.8 Å². The van der Waals surface area contributed by atoms with Crippen LogP contribution in [0.2, 0.25) is 0 Å². The Hall–Kier alpha value is -8.77. The molecular weight excluding hydrogens is 1360 g/mol. The van der Waals surface area contributed by atoms with Crippen LogP contribution in [0.3, 0.4) is 0 Å². The summed E-state index contributed by atoms with van der Waals surface area (Å²) < 4.78 is 4.11. The van der Waals surface area contributed by atoms with Crippen LogP contribution in [0.25, 0.3) is 55.9 Å². The van der Waals surface area contributed by atoms with Crippen LogP contribution < -0.4 is 36.6 Å². The summed E-state index contributed by atoms with van der Waals surface area (Å²) in [6.45, 7) is 2.91. The van der Waals surface area contributed by atoms with Gasteiger partial charge in [-0.25, -0.2) is 14.9 Å². The summed E-state index contributed by atoms with van der Waals surface area (Å²) in [5.41, 5.74) is 18.0. The van der Waals surface area contributed by atoms with E-state index in [9.17, 15) is 0 Å². The molecule has 1 radical (unpaired) electrons. The van der Waals surface area contributed by atoms with Crippen LogP contribution in [0.1, 0.15) is 0 Å².